The predicted molar refractivity (Wildman–Crippen MR) is 90.8 cm³/mol. The molecule has 0 saturated carbocycles. The molecule has 2 nitrogen and oxygen atoms in total. The van der Waals surface area contributed by atoms with Crippen molar-refractivity contribution in [2.45, 2.75) is 26.7 Å². The first kappa shape index (κ1) is 14.5. The van der Waals surface area contributed by atoms with Gasteiger partial charge in [-0.2, -0.15) is 0 Å². The number of aryl methyl sites for hydroxylation is 2. The van der Waals surface area contributed by atoms with Crippen molar-refractivity contribution < 1.29 is 0 Å². The van der Waals surface area contributed by atoms with Crippen molar-refractivity contribution in [3.8, 4) is 0 Å². The summed E-state index contributed by atoms with van der Waals surface area (Å²) in [5, 5.41) is 3.51. The van der Waals surface area contributed by atoms with Crippen molar-refractivity contribution in [2.24, 2.45) is 5.73 Å². The van der Waals surface area contributed by atoms with E-state index in [1.165, 1.54) is 5.56 Å². The summed E-state index contributed by atoms with van der Waals surface area (Å²) in [4.78, 5) is 0.421. The highest BCUT2D eigenvalue weighted by Crippen LogP contribution is 2.27. The van der Waals surface area contributed by atoms with Crippen LogP contribution in [0.4, 0.5) is 11.4 Å². The van der Waals surface area contributed by atoms with E-state index in [1.54, 1.807) is 0 Å². The maximum absolute atomic E-state index is 5.83. The van der Waals surface area contributed by atoms with Gasteiger partial charge in [0.05, 0.1) is 5.69 Å². The summed E-state index contributed by atoms with van der Waals surface area (Å²) in [6, 6.07) is 14.4. The quantitative estimate of drug-likeness (QED) is 0.803. The van der Waals surface area contributed by atoms with Crippen molar-refractivity contribution in [1.29, 1.82) is 0 Å². The first-order chi connectivity index (χ1) is 9.63. The molecule has 0 aliphatic rings. The van der Waals surface area contributed by atoms with Gasteiger partial charge in [-0.15, -0.1) is 0 Å². The summed E-state index contributed by atoms with van der Waals surface area (Å²) in [5.41, 5.74) is 11.3. The molecule has 0 spiro atoms. The first-order valence-corrected chi connectivity index (χ1v) is 7.28. The number of nitrogens with one attached hydrogen (secondary N) is 1. The maximum Gasteiger partial charge on any atom is 0.106 e. The van der Waals surface area contributed by atoms with Crippen LogP contribution in [-0.4, -0.2) is 4.99 Å². The molecule has 2 aromatic rings. The van der Waals surface area contributed by atoms with E-state index in [4.69, 9.17) is 18.0 Å². The molecule has 0 amide bonds. The van der Waals surface area contributed by atoms with E-state index < -0.39 is 0 Å². The molecule has 3 N–H and O–H groups in total. The lowest BCUT2D eigenvalue weighted by molar-refractivity contribution is 0.923. The summed E-state index contributed by atoms with van der Waals surface area (Å²) >= 11 is 5.15. The maximum atomic E-state index is 5.83. The minimum atomic E-state index is 0.421. The Morgan fingerprint density at radius 2 is 1.90 bits per heavy atom. The van der Waals surface area contributed by atoms with Crippen LogP contribution in [0.5, 0.6) is 0 Å². The van der Waals surface area contributed by atoms with Crippen LogP contribution in [0, 0.1) is 6.92 Å². The number of para-hydroxylation sites is 2. The van der Waals surface area contributed by atoms with Crippen LogP contribution >= 0.6 is 12.2 Å². The van der Waals surface area contributed by atoms with Crippen LogP contribution in [0.25, 0.3) is 0 Å². The molecule has 2 rings (SSSR count). The fourth-order valence-corrected chi connectivity index (χ4v) is 2.47. The standard InChI is InChI=1S/C17H20N2S/c1-3-7-13-9-4-5-11-15(13)19-16-12(2)8-6-10-14(16)17(18)20/h4-6,8-11,19H,3,7H2,1-2H3,(H2,18,20). The van der Waals surface area contributed by atoms with Gasteiger partial charge in [0.15, 0.2) is 0 Å². The molecule has 0 radical (unpaired) electrons. The number of hydrogen-bond acceptors (Lipinski definition) is 2. The third-order valence-electron chi connectivity index (χ3n) is 3.33. The second-order valence-electron chi connectivity index (χ2n) is 4.89. The minimum Gasteiger partial charge on any atom is -0.389 e. The van der Waals surface area contributed by atoms with E-state index >= 15 is 0 Å². The largest absolute Gasteiger partial charge is 0.389 e. The monoisotopic (exact) mass is 284 g/mol. The summed E-state index contributed by atoms with van der Waals surface area (Å²) in [6.45, 7) is 4.25. The van der Waals surface area contributed by atoms with E-state index in [2.05, 4.69) is 43.4 Å². The number of thiocarbonyl (C=S) groups is 1. The highest BCUT2D eigenvalue weighted by Gasteiger charge is 2.09. The zero-order chi connectivity index (χ0) is 14.5. The normalized spacial score (nSPS) is 10.3. The molecule has 0 unspecified atom stereocenters. The Morgan fingerprint density at radius 3 is 2.60 bits per heavy atom. The van der Waals surface area contributed by atoms with Gasteiger partial charge in [-0.1, -0.05) is 55.9 Å². The second kappa shape index (κ2) is 6.53. The molecule has 0 heterocycles. The van der Waals surface area contributed by atoms with Crippen LogP contribution in [-0.2, 0) is 6.42 Å². The minimum absolute atomic E-state index is 0.421. The number of hydrogen-bond donors (Lipinski definition) is 2. The van der Waals surface area contributed by atoms with Gasteiger partial charge in [0.1, 0.15) is 4.99 Å². The van der Waals surface area contributed by atoms with Gasteiger partial charge in [0, 0.05) is 11.3 Å². The van der Waals surface area contributed by atoms with Crippen molar-refractivity contribution >= 4 is 28.6 Å². The van der Waals surface area contributed by atoms with E-state index in [-0.39, 0.29) is 0 Å². The summed E-state index contributed by atoms with van der Waals surface area (Å²) < 4.78 is 0. The highest BCUT2D eigenvalue weighted by atomic mass is 32.1. The lowest BCUT2D eigenvalue weighted by Crippen LogP contribution is -2.13. The van der Waals surface area contributed by atoms with Gasteiger partial charge in [0.2, 0.25) is 0 Å². The first-order valence-electron chi connectivity index (χ1n) is 6.87. The molecule has 104 valence electrons. The highest BCUT2D eigenvalue weighted by molar-refractivity contribution is 7.80. The van der Waals surface area contributed by atoms with E-state index in [0.717, 1.165) is 35.3 Å². The van der Waals surface area contributed by atoms with Gasteiger partial charge < -0.3 is 11.1 Å². The fraction of sp³-hybridized carbons (Fsp3) is 0.235. The molecule has 0 fully saturated rings. The van der Waals surface area contributed by atoms with Gasteiger partial charge in [-0.25, -0.2) is 0 Å². The fourth-order valence-electron chi connectivity index (χ4n) is 2.30. The van der Waals surface area contributed by atoms with Crippen molar-refractivity contribution in [1.82, 2.24) is 0 Å². The molecule has 0 saturated heterocycles. The molecule has 20 heavy (non-hydrogen) atoms. The zero-order valence-electron chi connectivity index (χ0n) is 11.9. The molecule has 0 aliphatic heterocycles. The number of nitrogens with two attached hydrogens (primary N) is 1. The Labute approximate surface area is 126 Å². The summed E-state index contributed by atoms with van der Waals surface area (Å²) in [6.07, 6.45) is 2.17. The van der Waals surface area contributed by atoms with Crippen LogP contribution in [0.3, 0.4) is 0 Å². The Hall–Kier alpha value is -1.87. The van der Waals surface area contributed by atoms with Crippen molar-refractivity contribution in [3.05, 3.63) is 59.2 Å². The molecule has 2 aromatic carbocycles. The molecule has 0 aromatic heterocycles. The Balaban J connectivity index is 2.42. The topological polar surface area (TPSA) is 38.0 Å². The van der Waals surface area contributed by atoms with Crippen LogP contribution < -0.4 is 11.1 Å². The van der Waals surface area contributed by atoms with Gasteiger partial charge >= 0.3 is 0 Å². The van der Waals surface area contributed by atoms with E-state index in [0.29, 0.717) is 4.99 Å². The molecular weight excluding hydrogens is 264 g/mol. The van der Waals surface area contributed by atoms with E-state index in [1.807, 2.05) is 18.2 Å². The van der Waals surface area contributed by atoms with Gasteiger partial charge in [-0.05, 0) is 36.6 Å². The van der Waals surface area contributed by atoms with Gasteiger partial charge in [0.25, 0.3) is 0 Å². The van der Waals surface area contributed by atoms with Crippen LogP contribution in [0.2, 0.25) is 0 Å². The zero-order valence-corrected chi connectivity index (χ0v) is 12.8. The third kappa shape index (κ3) is 3.17. The number of rotatable bonds is 5. The Kier molecular flexibility index (Phi) is 4.74. The summed E-state index contributed by atoms with van der Waals surface area (Å²) in [7, 11) is 0. The van der Waals surface area contributed by atoms with Crippen molar-refractivity contribution in [3.63, 3.8) is 0 Å². The SMILES string of the molecule is CCCc1ccccc1Nc1c(C)cccc1C(N)=S. The van der Waals surface area contributed by atoms with Crippen LogP contribution in [0.15, 0.2) is 42.5 Å². The van der Waals surface area contributed by atoms with Crippen LogP contribution in [0.1, 0.15) is 30.0 Å². The average Bonchev–Trinajstić information content (AvgIpc) is 2.43. The summed E-state index contributed by atoms with van der Waals surface area (Å²) in [5.74, 6) is 0. The predicted octanol–water partition coefficient (Wildman–Crippen LogP) is 4.33. The molecule has 0 bridgehead atoms. The molecule has 0 aliphatic carbocycles. The Morgan fingerprint density at radius 1 is 1.15 bits per heavy atom. The van der Waals surface area contributed by atoms with E-state index in [9.17, 15) is 0 Å². The van der Waals surface area contributed by atoms with Crippen molar-refractivity contribution in [2.75, 3.05) is 5.32 Å². The smallest absolute Gasteiger partial charge is 0.106 e. The number of benzene rings is 2. The molecule has 3 heteroatoms. The molecule has 0 atom stereocenters. The lowest BCUT2D eigenvalue weighted by atomic mass is 10.0. The van der Waals surface area contributed by atoms with Gasteiger partial charge in [-0.3, -0.25) is 0 Å². The molecular formula is C17H20N2S. The lowest BCUT2D eigenvalue weighted by Gasteiger charge is -2.16. The average molecular weight is 284 g/mol. The Bertz CT molecular complexity index is 620. The third-order valence-corrected chi connectivity index (χ3v) is 3.55. The number of anilines is 2. The second-order valence-corrected chi connectivity index (χ2v) is 5.33.